The minimum Gasteiger partial charge on any atom is -0.363 e. The van der Waals surface area contributed by atoms with E-state index >= 15 is 0 Å². The summed E-state index contributed by atoms with van der Waals surface area (Å²) >= 11 is 0. The molecule has 4 nitrogen and oxygen atoms in total. The lowest BCUT2D eigenvalue weighted by Gasteiger charge is -2.32. The summed E-state index contributed by atoms with van der Waals surface area (Å²) in [5, 5.41) is 14.6. The van der Waals surface area contributed by atoms with Crippen molar-refractivity contribution in [2.24, 2.45) is 5.92 Å². The molecule has 4 heteroatoms. The molecule has 0 fully saturated rings. The van der Waals surface area contributed by atoms with Gasteiger partial charge in [0.05, 0.1) is 6.07 Å². The van der Waals surface area contributed by atoms with Crippen LogP contribution in [0, 0.1) is 17.2 Å². The third-order valence-corrected chi connectivity index (χ3v) is 4.87. The molecule has 126 valence electrons. The number of hydrogen-bond acceptors (Lipinski definition) is 3. The van der Waals surface area contributed by atoms with E-state index in [0.717, 1.165) is 11.1 Å². The zero-order valence-electron chi connectivity index (χ0n) is 15.0. The molecule has 24 heavy (non-hydrogen) atoms. The number of likely N-dealkylation sites (N-methyl/N-ethyl adjacent to an activating group) is 1. The average molecular weight is 323 g/mol. The van der Waals surface area contributed by atoms with Crippen molar-refractivity contribution < 1.29 is 4.79 Å². The van der Waals surface area contributed by atoms with Gasteiger partial charge in [-0.1, -0.05) is 44.2 Å². The third-order valence-electron chi connectivity index (χ3n) is 4.87. The van der Waals surface area contributed by atoms with Gasteiger partial charge in [-0.05, 0) is 42.7 Å². The van der Waals surface area contributed by atoms with Gasteiger partial charge >= 0.3 is 0 Å². The molecule has 2 atom stereocenters. The van der Waals surface area contributed by atoms with E-state index in [0.29, 0.717) is 0 Å². The molecule has 0 aromatic heterocycles. The summed E-state index contributed by atoms with van der Waals surface area (Å²) in [7, 11) is 1.90. The van der Waals surface area contributed by atoms with E-state index in [-0.39, 0.29) is 17.9 Å². The summed E-state index contributed by atoms with van der Waals surface area (Å²) in [4.78, 5) is 14.5. The van der Waals surface area contributed by atoms with Crippen molar-refractivity contribution in [1.82, 2.24) is 5.32 Å². The first-order chi connectivity index (χ1) is 11.3. The maximum Gasteiger partial charge on any atom is 0.243 e. The number of carbonyl (C=O) groups excluding carboxylic acids is 1. The van der Waals surface area contributed by atoms with E-state index in [1.54, 1.807) is 6.92 Å². The van der Waals surface area contributed by atoms with Gasteiger partial charge < -0.3 is 10.2 Å². The number of carbonyl (C=O) groups is 1. The number of fused-ring (bicyclic) bond motifs is 1. The number of rotatable bonds is 5. The third kappa shape index (κ3) is 3.51. The van der Waals surface area contributed by atoms with Gasteiger partial charge in [-0.25, -0.2) is 0 Å². The van der Waals surface area contributed by atoms with Gasteiger partial charge in [0.2, 0.25) is 5.91 Å². The topological polar surface area (TPSA) is 56.1 Å². The van der Waals surface area contributed by atoms with Crippen LogP contribution in [0.3, 0.4) is 0 Å². The fraction of sp³-hybridized carbons (Fsp3) is 0.400. The average Bonchev–Trinajstić information content (AvgIpc) is 2.59. The second kappa shape index (κ2) is 6.92. The number of nitriles is 1. The second-order valence-electron chi connectivity index (χ2n) is 6.78. The van der Waals surface area contributed by atoms with Crippen molar-refractivity contribution in [1.29, 1.82) is 5.26 Å². The molecule has 0 saturated carbocycles. The van der Waals surface area contributed by atoms with Crippen molar-refractivity contribution in [3.05, 3.63) is 42.5 Å². The van der Waals surface area contributed by atoms with Crippen LogP contribution in [0.25, 0.3) is 10.8 Å². The van der Waals surface area contributed by atoms with Crippen molar-refractivity contribution in [3.63, 3.8) is 0 Å². The summed E-state index contributed by atoms with van der Waals surface area (Å²) in [6.45, 7) is 7.48. The summed E-state index contributed by atoms with van der Waals surface area (Å²) in [6.07, 6.45) is 0. The molecule has 2 rings (SSSR count). The van der Waals surface area contributed by atoms with E-state index in [2.05, 4.69) is 35.7 Å². The lowest BCUT2D eigenvalue weighted by atomic mass is 9.89. The van der Waals surface area contributed by atoms with Gasteiger partial charge in [0.25, 0.3) is 0 Å². The van der Waals surface area contributed by atoms with Crippen LogP contribution < -0.4 is 10.2 Å². The Balaban J connectivity index is 2.19. The standard InChI is InChI=1S/C20H25N3O/c1-14(2)20(4,13-21)22-19(24)15(3)23(5)18-11-10-16-8-6-7-9-17(16)12-18/h6-12,14-15H,1-5H3,(H,22,24)/t15-,20+/m1/s1. The molecule has 0 aliphatic rings. The minimum absolute atomic E-state index is 0.0321. The smallest absolute Gasteiger partial charge is 0.243 e. The first kappa shape index (κ1) is 17.8. The number of hydrogen-bond donors (Lipinski definition) is 1. The normalized spacial score (nSPS) is 14.7. The van der Waals surface area contributed by atoms with E-state index in [9.17, 15) is 10.1 Å². The fourth-order valence-corrected chi connectivity index (χ4v) is 2.46. The van der Waals surface area contributed by atoms with Gasteiger partial charge in [-0.15, -0.1) is 0 Å². The van der Waals surface area contributed by atoms with Gasteiger partial charge in [-0.2, -0.15) is 5.26 Å². The highest BCUT2D eigenvalue weighted by atomic mass is 16.2. The Labute approximate surface area is 144 Å². The van der Waals surface area contributed by atoms with Crippen LogP contribution in [0.1, 0.15) is 27.7 Å². The molecule has 0 aliphatic heterocycles. The number of benzene rings is 2. The molecular weight excluding hydrogens is 298 g/mol. The zero-order chi connectivity index (χ0) is 17.9. The predicted octanol–water partition coefficient (Wildman–Crippen LogP) is 3.72. The van der Waals surface area contributed by atoms with E-state index < -0.39 is 5.54 Å². The van der Waals surface area contributed by atoms with E-state index in [1.165, 1.54) is 5.39 Å². The van der Waals surface area contributed by atoms with Gasteiger partial charge in [0.15, 0.2) is 0 Å². The first-order valence-electron chi connectivity index (χ1n) is 8.23. The Kier molecular flexibility index (Phi) is 5.14. The summed E-state index contributed by atoms with van der Waals surface area (Å²) in [5.74, 6) is -0.118. The molecule has 0 radical (unpaired) electrons. The van der Waals surface area contributed by atoms with Crippen molar-refractivity contribution in [3.8, 4) is 6.07 Å². The Morgan fingerprint density at radius 2 is 1.79 bits per heavy atom. The summed E-state index contributed by atoms with van der Waals surface area (Å²) < 4.78 is 0. The second-order valence-corrected chi connectivity index (χ2v) is 6.78. The van der Waals surface area contributed by atoms with Crippen LogP contribution in [0.5, 0.6) is 0 Å². The highest BCUT2D eigenvalue weighted by Gasteiger charge is 2.32. The van der Waals surface area contributed by atoms with Gasteiger partial charge in [-0.3, -0.25) is 4.79 Å². The molecule has 0 unspecified atom stereocenters. The molecule has 0 aliphatic carbocycles. The SMILES string of the molecule is CC(C)[C@](C)(C#N)NC(=O)[C@@H](C)N(C)c1ccc2ccccc2c1. The molecule has 1 amide bonds. The predicted molar refractivity (Wildman–Crippen MR) is 98.8 cm³/mol. The van der Waals surface area contributed by atoms with E-state index in [1.807, 2.05) is 50.9 Å². The molecule has 0 spiro atoms. The number of nitrogens with one attached hydrogen (secondary N) is 1. The monoisotopic (exact) mass is 323 g/mol. The minimum atomic E-state index is -0.866. The maximum atomic E-state index is 12.6. The highest BCUT2D eigenvalue weighted by molar-refractivity contribution is 5.89. The van der Waals surface area contributed by atoms with Gasteiger partial charge in [0, 0.05) is 12.7 Å². The molecule has 1 N–H and O–H groups in total. The van der Waals surface area contributed by atoms with Crippen LogP contribution >= 0.6 is 0 Å². The van der Waals surface area contributed by atoms with Crippen LogP contribution in [0.4, 0.5) is 5.69 Å². The Morgan fingerprint density at radius 1 is 1.17 bits per heavy atom. The molecular formula is C20H25N3O. The summed E-state index contributed by atoms with van der Waals surface area (Å²) in [6, 6.07) is 16.1. The van der Waals surface area contributed by atoms with Crippen molar-refractivity contribution >= 4 is 22.4 Å². The lowest BCUT2D eigenvalue weighted by Crippen LogP contribution is -2.54. The lowest BCUT2D eigenvalue weighted by molar-refractivity contribution is -0.123. The van der Waals surface area contributed by atoms with Crippen LogP contribution in [-0.4, -0.2) is 24.5 Å². The molecule has 2 aromatic carbocycles. The number of amides is 1. The van der Waals surface area contributed by atoms with Crippen LogP contribution in [0.2, 0.25) is 0 Å². The largest absolute Gasteiger partial charge is 0.363 e. The molecule has 0 heterocycles. The Hall–Kier alpha value is -2.54. The molecule has 0 saturated heterocycles. The Bertz CT molecular complexity index is 778. The number of anilines is 1. The molecule has 2 aromatic rings. The first-order valence-corrected chi connectivity index (χ1v) is 8.23. The van der Waals surface area contributed by atoms with Crippen LogP contribution in [-0.2, 0) is 4.79 Å². The van der Waals surface area contributed by atoms with Crippen molar-refractivity contribution in [2.75, 3.05) is 11.9 Å². The summed E-state index contributed by atoms with van der Waals surface area (Å²) in [5.41, 5.74) is 0.106. The van der Waals surface area contributed by atoms with Gasteiger partial charge in [0.1, 0.15) is 11.6 Å². The highest BCUT2D eigenvalue weighted by Crippen LogP contribution is 2.23. The van der Waals surface area contributed by atoms with Crippen LogP contribution in [0.15, 0.2) is 42.5 Å². The zero-order valence-corrected chi connectivity index (χ0v) is 15.0. The molecule has 0 bridgehead atoms. The fourth-order valence-electron chi connectivity index (χ4n) is 2.46. The maximum absolute atomic E-state index is 12.6. The number of nitrogens with zero attached hydrogens (tertiary/aromatic N) is 2. The quantitative estimate of drug-likeness (QED) is 0.912. The van der Waals surface area contributed by atoms with E-state index in [4.69, 9.17) is 0 Å². The van der Waals surface area contributed by atoms with Crippen molar-refractivity contribution in [2.45, 2.75) is 39.3 Å². The Morgan fingerprint density at radius 3 is 2.38 bits per heavy atom.